The van der Waals surface area contributed by atoms with E-state index in [1.807, 2.05) is 51.1 Å². The standard InChI is InChI=1S/C16H23NO3/c1-5-11-17(12-14(18)20-4)15(19)16(2,3)13-9-7-6-8-10-13/h6-10H,5,11-12H2,1-4H3. The summed E-state index contributed by atoms with van der Waals surface area (Å²) in [7, 11) is 1.33. The fourth-order valence-corrected chi connectivity index (χ4v) is 2.12. The van der Waals surface area contributed by atoms with Gasteiger partial charge in [-0.05, 0) is 25.8 Å². The lowest BCUT2D eigenvalue weighted by molar-refractivity contribution is -0.148. The number of methoxy groups -OCH3 is 1. The molecule has 0 radical (unpaired) electrons. The van der Waals surface area contributed by atoms with Gasteiger partial charge in [-0.15, -0.1) is 0 Å². The number of hydrogen-bond donors (Lipinski definition) is 0. The maximum atomic E-state index is 12.7. The number of carbonyl (C=O) groups is 2. The van der Waals surface area contributed by atoms with Crippen molar-refractivity contribution in [2.75, 3.05) is 20.2 Å². The molecule has 0 saturated heterocycles. The number of nitrogens with zero attached hydrogens (tertiary/aromatic N) is 1. The summed E-state index contributed by atoms with van der Waals surface area (Å²) in [4.78, 5) is 25.7. The van der Waals surface area contributed by atoms with Gasteiger partial charge in [-0.3, -0.25) is 9.59 Å². The first-order valence-corrected chi connectivity index (χ1v) is 6.85. The Hall–Kier alpha value is -1.84. The van der Waals surface area contributed by atoms with Gasteiger partial charge in [-0.2, -0.15) is 0 Å². The quantitative estimate of drug-likeness (QED) is 0.750. The fourth-order valence-electron chi connectivity index (χ4n) is 2.12. The number of ether oxygens (including phenoxy) is 1. The molecular weight excluding hydrogens is 254 g/mol. The summed E-state index contributed by atoms with van der Waals surface area (Å²) in [5, 5.41) is 0. The van der Waals surface area contributed by atoms with Gasteiger partial charge in [0.2, 0.25) is 5.91 Å². The Labute approximate surface area is 120 Å². The van der Waals surface area contributed by atoms with Crippen LogP contribution in [0, 0.1) is 0 Å². The van der Waals surface area contributed by atoms with Crippen molar-refractivity contribution in [1.82, 2.24) is 4.90 Å². The lowest BCUT2D eigenvalue weighted by Crippen LogP contribution is -2.46. The van der Waals surface area contributed by atoms with Crippen LogP contribution in [0.1, 0.15) is 32.8 Å². The van der Waals surface area contributed by atoms with Crippen molar-refractivity contribution in [3.05, 3.63) is 35.9 Å². The maximum Gasteiger partial charge on any atom is 0.325 e. The molecule has 4 heteroatoms. The number of esters is 1. The average molecular weight is 277 g/mol. The highest BCUT2D eigenvalue weighted by molar-refractivity contribution is 5.90. The van der Waals surface area contributed by atoms with E-state index in [1.165, 1.54) is 7.11 Å². The highest BCUT2D eigenvalue weighted by Gasteiger charge is 2.34. The molecule has 1 aromatic rings. The third kappa shape index (κ3) is 3.83. The molecule has 1 aromatic carbocycles. The van der Waals surface area contributed by atoms with Gasteiger partial charge < -0.3 is 9.64 Å². The van der Waals surface area contributed by atoms with Crippen molar-refractivity contribution >= 4 is 11.9 Å². The molecular formula is C16H23NO3. The Morgan fingerprint density at radius 3 is 2.30 bits per heavy atom. The SMILES string of the molecule is CCCN(CC(=O)OC)C(=O)C(C)(C)c1ccccc1. The van der Waals surface area contributed by atoms with Crippen molar-refractivity contribution in [3.8, 4) is 0 Å². The molecule has 0 spiro atoms. The van der Waals surface area contributed by atoms with Crippen LogP contribution >= 0.6 is 0 Å². The van der Waals surface area contributed by atoms with Crippen LogP contribution in [0.15, 0.2) is 30.3 Å². The molecule has 0 aliphatic heterocycles. The van der Waals surface area contributed by atoms with Crippen LogP contribution in [0.5, 0.6) is 0 Å². The van der Waals surface area contributed by atoms with E-state index < -0.39 is 11.4 Å². The zero-order valence-electron chi connectivity index (χ0n) is 12.7. The minimum Gasteiger partial charge on any atom is -0.468 e. The van der Waals surface area contributed by atoms with Crippen LogP contribution < -0.4 is 0 Å². The lowest BCUT2D eigenvalue weighted by atomic mass is 9.83. The lowest BCUT2D eigenvalue weighted by Gasteiger charge is -2.31. The van der Waals surface area contributed by atoms with Gasteiger partial charge in [0.05, 0.1) is 12.5 Å². The maximum absolute atomic E-state index is 12.7. The fraction of sp³-hybridized carbons (Fsp3) is 0.500. The Kier molecular flexibility index (Phi) is 5.74. The molecule has 1 amide bonds. The zero-order chi connectivity index (χ0) is 15.2. The number of hydrogen-bond acceptors (Lipinski definition) is 3. The predicted molar refractivity (Wildman–Crippen MR) is 78.4 cm³/mol. The summed E-state index contributed by atoms with van der Waals surface area (Å²) in [5.41, 5.74) is 0.278. The number of amides is 1. The molecule has 4 nitrogen and oxygen atoms in total. The smallest absolute Gasteiger partial charge is 0.325 e. The van der Waals surface area contributed by atoms with Gasteiger partial charge in [0, 0.05) is 6.54 Å². The van der Waals surface area contributed by atoms with Gasteiger partial charge in [0.1, 0.15) is 6.54 Å². The van der Waals surface area contributed by atoms with Gasteiger partial charge >= 0.3 is 5.97 Å². The number of benzene rings is 1. The normalized spacial score (nSPS) is 11.0. The second-order valence-corrected chi connectivity index (χ2v) is 5.29. The molecule has 110 valence electrons. The van der Waals surface area contributed by atoms with E-state index in [4.69, 9.17) is 0 Å². The minimum atomic E-state index is -0.662. The van der Waals surface area contributed by atoms with E-state index in [9.17, 15) is 9.59 Å². The molecule has 0 aliphatic carbocycles. The summed E-state index contributed by atoms with van der Waals surface area (Å²) >= 11 is 0. The van der Waals surface area contributed by atoms with Crippen LogP contribution in [-0.4, -0.2) is 37.0 Å². The van der Waals surface area contributed by atoms with Gasteiger partial charge in [-0.25, -0.2) is 0 Å². The molecule has 20 heavy (non-hydrogen) atoms. The van der Waals surface area contributed by atoms with Crippen LogP contribution in [0.3, 0.4) is 0 Å². The molecule has 0 aromatic heterocycles. The highest BCUT2D eigenvalue weighted by Crippen LogP contribution is 2.25. The van der Waals surface area contributed by atoms with Gasteiger partial charge in [-0.1, -0.05) is 37.3 Å². The Morgan fingerprint density at radius 1 is 1.20 bits per heavy atom. The molecule has 0 bridgehead atoms. The summed E-state index contributed by atoms with van der Waals surface area (Å²) in [5.74, 6) is -0.452. The van der Waals surface area contributed by atoms with Crippen LogP contribution in [0.2, 0.25) is 0 Å². The van der Waals surface area contributed by atoms with Crippen molar-refractivity contribution in [2.24, 2.45) is 0 Å². The van der Waals surface area contributed by atoms with Crippen molar-refractivity contribution < 1.29 is 14.3 Å². The molecule has 0 unspecified atom stereocenters. The first-order valence-electron chi connectivity index (χ1n) is 6.85. The topological polar surface area (TPSA) is 46.6 Å². The Morgan fingerprint density at radius 2 is 1.80 bits per heavy atom. The van der Waals surface area contributed by atoms with Crippen LogP contribution in [0.25, 0.3) is 0 Å². The second-order valence-electron chi connectivity index (χ2n) is 5.29. The zero-order valence-corrected chi connectivity index (χ0v) is 12.7. The predicted octanol–water partition coefficient (Wildman–Crippen LogP) is 2.38. The summed E-state index contributed by atoms with van der Waals surface area (Å²) < 4.78 is 4.66. The van der Waals surface area contributed by atoms with E-state index in [2.05, 4.69) is 4.74 Å². The monoisotopic (exact) mass is 277 g/mol. The molecule has 0 N–H and O–H groups in total. The molecule has 0 heterocycles. The van der Waals surface area contributed by atoms with E-state index >= 15 is 0 Å². The molecule has 0 atom stereocenters. The summed E-state index contributed by atoms with van der Waals surface area (Å²) in [6.45, 7) is 6.28. The first kappa shape index (κ1) is 16.2. The summed E-state index contributed by atoms with van der Waals surface area (Å²) in [6.07, 6.45) is 0.799. The Balaban J connectivity index is 2.95. The van der Waals surface area contributed by atoms with Crippen LogP contribution in [-0.2, 0) is 19.7 Å². The molecule has 1 rings (SSSR count). The molecule has 0 saturated carbocycles. The van der Waals surface area contributed by atoms with Crippen LogP contribution in [0.4, 0.5) is 0 Å². The van der Waals surface area contributed by atoms with Crippen molar-refractivity contribution in [1.29, 1.82) is 0 Å². The number of carbonyl (C=O) groups excluding carboxylic acids is 2. The van der Waals surface area contributed by atoms with Gasteiger partial charge in [0.25, 0.3) is 0 Å². The van der Waals surface area contributed by atoms with E-state index in [-0.39, 0.29) is 12.5 Å². The number of rotatable bonds is 6. The van der Waals surface area contributed by atoms with E-state index in [1.54, 1.807) is 4.90 Å². The van der Waals surface area contributed by atoms with E-state index in [0.29, 0.717) is 6.54 Å². The van der Waals surface area contributed by atoms with Crippen molar-refractivity contribution in [2.45, 2.75) is 32.6 Å². The minimum absolute atomic E-state index is 0.000559. The average Bonchev–Trinajstić information content (AvgIpc) is 2.46. The summed E-state index contributed by atoms with van der Waals surface area (Å²) in [6, 6.07) is 9.60. The first-order chi connectivity index (χ1) is 9.43. The molecule has 0 fully saturated rings. The van der Waals surface area contributed by atoms with E-state index in [0.717, 1.165) is 12.0 Å². The second kappa shape index (κ2) is 7.08. The Bertz CT molecular complexity index is 454. The molecule has 0 aliphatic rings. The largest absolute Gasteiger partial charge is 0.468 e. The van der Waals surface area contributed by atoms with Crippen molar-refractivity contribution in [3.63, 3.8) is 0 Å². The van der Waals surface area contributed by atoms with Gasteiger partial charge in [0.15, 0.2) is 0 Å². The third-order valence-corrected chi connectivity index (χ3v) is 3.36. The third-order valence-electron chi connectivity index (χ3n) is 3.36. The highest BCUT2D eigenvalue weighted by atomic mass is 16.5.